The van der Waals surface area contributed by atoms with Crippen LogP contribution >= 0.6 is 0 Å². The lowest BCUT2D eigenvalue weighted by Gasteiger charge is -2.10. The molecule has 5 heteroatoms. The molecule has 1 aromatic carbocycles. The van der Waals surface area contributed by atoms with Crippen LogP contribution < -0.4 is 4.72 Å². The van der Waals surface area contributed by atoms with Gasteiger partial charge in [-0.2, -0.15) is 0 Å². The van der Waals surface area contributed by atoms with Crippen molar-refractivity contribution in [2.24, 2.45) is 5.92 Å². The van der Waals surface area contributed by atoms with Crippen LogP contribution in [-0.4, -0.2) is 26.7 Å². The van der Waals surface area contributed by atoms with E-state index in [-0.39, 0.29) is 12.5 Å². The molecule has 2 N–H and O–H groups in total. The van der Waals surface area contributed by atoms with E-state index < -0.39 is 10.0 Å². The van der Waals surface area contributed by atoms with Crippen LogP contribution in [0, 0.1) is 19.8 Å². The van der Waals surface area contributed by atoms with Crippen LogP contribution in [0.2, 0.25) is 0 Å². The maximum Gasteiger partial charge on any atom is 0.240 e. The lowest BCUT2D eigenvalue weighted by Crippen LogP contribution is -2.25. The zero-order chi connectivity index (χ0) is 14.5. The molecule has 19 heavy (non-hydrogen) atoms. The number of hydrogen-bond donors (Lipinski definition) is 2. The van der Waals surface area contributed by atoms with Crippen molar-refractivity contribution < 1.29 is 13.5 Å². The van der Waals surface area contributed by atoms with Crippen molar-refractivity contribution in [3.63, 3.8) is 0 Å². The number of benzene rings is 1. The van der Waals surface area contributed by atoms with E-state index >= 15 is 0 Å². The third-order valence-corrected chi connectivity index (χ3v) is 4.42. The fourth-order valence-corrected chi connectivity index (χ4v) is 3.18. The van der Waals surface area contributed by atoms with E-state index in [9.17, 15) is 8.42 Å². The molecular weight excluding hydrogens is 262 g/mol. The Balaban J connectivity index is 2.61. The van der Waals surface area contributed by atoms with Crippen molar-refractivity contribution in [1.29, 1.82) is 0 Å². The van der Waals surface area contributed by atoms with Gasteiger partial charge < -0.3 is 5.11 Å². The molecule has 0 saturated heterocycles. The van der Waals surface area contributed by atoms with Crippen molar-refractivity contribution >= 4 is 10.0 Å². The highest BCUT2D eigenvalue weighted by Crippen LogP contribution is 2.14. The lowest BCUT2D eigenvalue weighted by atomic mass is 10.1. The molecule has 0 fully saturated rings. The summed E-state index contributed by atoms with van der Waals surface area (Å²) >= 11 is 0. The van der Waals surface area contributed by atoms with E-state index in [2.05, 4.69) is 4.72 Å². The van der Waals surface area contributed by atoms with Gasteiger partial charge in [-0.25, -0.2) is 13.1 Å². The van der Waals surface area contributed by atoms with E-state index in [0.717, 1.165) is 24.0 Å². The quantitative estimate of drug-likeness (QED) is 0.753. The molecule has 0 saturated carbocycles. The van der Waals surface area contributed by atoms with Gasteiger partial charge >= 0.3 is 0 Å². The first-order valence-corrected chi connectivity index (χ1v) is 8.02. The second kappa shape index (κ2) is 7.03. The van der Waals surface area contributed by atoms with Crippen molar-refractivity contribution in [1.82, 2.24) is 4.72 Å². The fraction of sp³-hybridized carbons (Fsp3) is 0.571. The van der Waals surface area contributed by atoms with E-state index in [1.807, 2.05) is 26.8 Å². The van der Waals surface area contributed by atoms with Crippen molar-refractivity contribution in [2.75, 3.05) is 13.2 Å². The van der Waals surface area contributed by atoms with Gasteiger partial charge in [-0.05, 0) is 55.9 Å². The smallest absolute Gasteiger partial charge is 0.240 e. The summed E-state index contributed by atoms with van der Waals surface area (Å²) < 4.78 is 26.8. The molecular formula is C14H23NO3S. The average molecular weight is 285 g/mol. The summed E-state index contributed by atoms with van der Waals surface area (Å²) in [5.74, 6) is 0.214. The largest absolute Gasteiger partial charge is 0.396 e. The van der Waals surface area contributed by atoms with Gasteiger partial charge in [0.05, 0.1) is 4.90 Å². The first kappa shape index (κ1) is 16.1. The molecule has 0 aromatic heterocycles. The molecule has 0 amide bonds. The summed E-state index contributed by atoms with van der Waals surface area (Å²) in [5, 5.41) is 8.89. The number of rotatable bonds is 7. The molecule has 0 heterocycles. The molecule has 0 aliphatic heterocycles. The van der Waals surface area contributed by atoms with Crippen LogP contribution in [-0.2, 0) is 10.0 Å². The van der Waals surface area contributed by atoms with Crippen LogP contribution in [0.3, 0.4) is 0 Å². The Hall–Kier alpha value is -0.910. The second-order valence-electron chi connectivity index (χ2n) is 5.15. The third-order valence-electron chi connectivity index (χ3n) is 2.98. The Morgan fingerprint density at radius 2 is 1.79 bits per heavy atom. The maximum absolute atomic E-state index is 12.1. The Bertz CT molecular complexity index is 491. The van der Waals surface area contributed by atoms with E-state index in [0.29, 0.717) is 11.4 Å². The van der Waals surface area contributed by atoms with E-state index in [4.69, 9.17) is 5.11 Å². The molecule has 1 atom stereocenters. The van der Waals surface area contributed by atoms with Gasteiger partial charge in [0.15, 0.2) is 0 Å². The fourth-order valence-electron chi connectivity index (χ4n) is 1.92. The number of aliphatic hydroxyl groups excluding tert-OH is 1. The van der Waals surface area contributed by atoms with Crippen LogP contribution in [0.4, 0.5) is 0 Å². The van der Waals surface area contributed by atoms with Crippen LogP contribution in [0.5, 0.6) is 0 Å². The third kappa shape index (κ3) is 5.30. The summed E-state index contributed by atoms with van der Waals surface area (Å²) in [5.41, 5.74) is 1.88. The highest BCUT2D eigenvalue weighted by molar-refractivity contribution is 7.89. The molecule has 1 unspecified atom stereocenters. The predicted octanol–water partition coefficient (Wildman–Crippen LogP) is 1.99. The normalized spacial score (nSPS) is 13.5. The minimum atomic E-state index is -3.42. The Morgan fingerprint density at radius 1 is 1.21 bits per heavy atom. The summed E-state index contributed by atoms with van der Waals surface area (Å²) in [4.78, 5) is 0.320. The summed E-state index contributed by atoms with van der Waals surface area (Å²) in [6.07, 6.45) is 1.54. The van der Waals surface area contributed by atoms with Crippen molar-refractivity contribution in [2.45, 2.75) is 38.5 Å². The lowest BCUT2D eigenvalue weighted by molar-refractivity contribution is 0.228. The molecule has 0 spiro atoms. The summed E-state index contributed by atoms with van der Waals surface area (Å²) in [7, 11) is -3.42. The van der Waals surface area contributed by atoms with Gasteiger partial charge in [-0.1, -0.05) is 13.0 Å². The Labute approximate surface area is 115 Å². The maximum atomic E-state index is 12.1. The zero-order valence-electron chi connectivity index (χ0n) is 11.8. The van der Waals surface area contributed by atoms with Gasteiger partial charge in [0.1, 0.15) is 0 Å². The van der Waals surface area contributed by atoms with Gasteiger partial charge in [-0.3, -0.25) is 0 Å². The number of aliphatic hydroxyl groups is 1. The zero-order valence-corrected chi connectivity index (χ0v) is 12.6. The molecule has 0 radical (unpaired) electrons. The van der Waals surface area contributed by atoms with Gasteiger partial charge in [-0.15, -0.1) is 0 Å². The Kier molecular flexibility index (Phi) is 5.97. The average Bonchev–Trinajstić information content (AvgIpc) is 2.33. The highest BCUT2D eigenvalue weighted by atomic mass is 32.2. The van der Waals surface area contributed by atoms with Crippen LogP contribution in [0.15, 0.2) is 23.1 Å². The molecule has 108 valence electrons. The van der Waals surface area contributed by atoms with E-state index in [1.165, 1.54) is 0 Å². The van der Waals surface area contributed by atoms with Gasteiger partial charge in [0.2, 0.25) is 10.0 Å². The Morgan fingerprint density at radius 3 is 2.32 bits per heavy atom. The highest BCUT2D eigenvalue weighted by Gasteiger charge is 2.14. The SMILES string of the molecule is Cc1cc(C)cc(S(=O)(=O)NCCCC(C)CO)c1. The molecule has 1 aromatic rings. The van der Waals surface area contributed by atoms with Crippen molar-refractivity contribution in [3.8, 4) is 0 Å². The molecule has 4 nitrogen and oxygen atoms in total. The van der Waals surface area contributed by atoms with Gasteiger partial charge in [0.25, 0.3) is 0 Å². The van der Waals surface area contributed by atoms with Crippen LogP contribution in [0.25, 0.3) is 0 Å². The van der Waals surface area contributed by atoms with Gasteiger partial charge in [0, 0.05) is 13.2 Å². The summed E-state index contributed by atoms with van der Waals surface area (Å²) in [6.45, 7) is 6.26. The molecule has 0 aliphatic carbocycles. The first-order chi connectivity index (χ1) is 8.85. The summed E-state index contributed by atoms with van der Waals surface area (Å²) in [6, 6.07) is 5.29. The van der Waals surface area contributed by atoms with Crippen molar-refractivity contribution in [3.05, 3.63) is 29.3 Å². The predicted molar refractivity (Wildman–Crippen MR) is 76.6 cm³/mol. The second-order valence-corrected chi connectivity index (χ2v) is 6.92. The topological polar surface area (TPSA) is 66.4 Å². The minimum absolute atomic E-state index is 0.143. The number of nitrogens with one attached hydrogen (secondary N) is 1. The minimum Gasteiger partial charge on any atom is -0.396 e. The van der Waals surface area contributed by atoms with Crippen LogP contribution in [0.1, 0.15) is 30.9 Å². The number of sulfonamides is 1. The molecule has 0 aliphatic rings. The molecule has 1 rings (SSSR count). The standard InChI is InChI=1S/C14H23NO3S/c1-11(10-16)5-4-6-15-19(17,18)14-8-12(2)7-13(3)9-14/h7-9,11,15-16H,4-6,10H2,1-3H3. The molecule has 0 bridgehead atoms. The number of hydrogen-bond acceptors (Lipinski definition) is 3. The number of aryl methyl sites for hydroxylation is 2. The monoisotopic (exact) mass is 285 g/mol. The van der Waals surface area contributed by atoms with E-state index in [1.54, 1.807) is 12.1 Å². The first-order valence-electron chi connectivity index (χ1n) is 6.54.